The largest absolute Gasteiger partial charge is 0.292 e. The van der Waals surface area contributed by atoms with Crippen LogP contribution in [-0.2, 0) is 0 Å². The van der Waals surface area contributed by atoms with E-state index >= 15 is 0 Å². The molecule has 1 saturated heterocycles. The van der Waals surface area contributed by atoms with Crippen molar-refractivity contribution in [3.05, 3.63) is 35.4 Å². The van der Waals surface area contributed by atoms with Crippen LogP contribution in [0.2, 0.25) is 0 Å². The summed E-state index contributed by atoms with van der Waals surface area (Å²) in [6, 6.07) is 0.465. The van der Waals surface area contributed by atoms with E-state index in [2.05, 4.69) is 38.3 Å². The summed E-state index contributed by atoms with van der Waals surface area (Å²) in [5.41, 5.74) is 1.37. The third-order valence-electron chi connectivity index (χ3n) is 3.27. The third-order valence-corrected chi connectivity index (χ3v) is 3.62. The summed E-state index contributed by atoms with van der Waals surface area (Å²) in [6.07, 6.45) is 8.33. The van der Waals surface area contributed by atoms with Crippen molar-refractivity contribution in [2.45, 2.75) is 52.1 Å². The summed E-state index contributed by atoms with van der Waals surface area (Å²) < 4.78 is 0. The predicted octanol–water partition coefficient (Wildman–Crippen LogP) is 4.50. The van der Waals surface area contributed by atoms with Gasteiger partial charge in [-0.2, -0.15) is 0 Å². The van der Waals surface area contributed by atoms with Gasteiger partial charge >= 0.3 is 0 Å². The van der Waals surface area contributed by atoms with Gasteiger partial charge in [0.05, 0.1) is 0 Å². The highest BCUT2D eigenvalue weighted by molar-refractivity contribution is 6.31. The van der Waals surface area contributed by atoms with Gasteiger partial charge in [0, 0.05) is 16.6 Å². The van der Waals surface area contributed by atoms with Crippen LogP contribution in [0.3, 0.4) is 0 Å². The van der Waals surface area contributed by atoms with E-state index < -0.39 is 0 Å². The smallest absolute Gasteiger partial charge is 0.0363 e. The molecule has 0 aliphatic carbocycles. The molecule has 0 unspecified atom stereocenters. The van der Waals surface area contributed by atoms with Crippen LogP contribution in [0.5, 0.6) is 0 Å². The second-order valence-electron chi connectivity index (χ2n) is 5.60. The fourth-order valence-electron chi connectivity index (χ4n) is 2.35. The molecular formula is C15H24ClN. The number of hydrogen-bond acceptors (Lipinski definition) is 1. The normalized spacial score (nSPS) is 23.6. The van der Waals surface area contributed by atoms with E-state index in [0.29, 0.717) is 6.04 Å². The number of rotatable bonds is 3. The lowest BCUT2D eigenvalue weighted by molar-refractivity contribution is 0.140. The van der Waals surface area contributed by atoms with Crippen molar-refractivity contribution in [1.29, 1.82) is 0 Å². The number of likely N-dealkylation sites (tertiary alicyclic amines) is 1. The molecule has 1 heterocycles. The molecule has 17 heavy (non-hydrogen) atoms. The quantitative estimate of drug-likeness (QED) is 0.670. The van der Waals surface area contributed by atoms with Gasteiger partial charge in [0.1, 0.15) is 0 Å². The summed E-state index contributed by atoms with van der Waals surface area (Å²) in [7, 11) is 0. The molecule has 0 N–H and O–H groups in total. The summed E-state index contributed by atoms with van der Waals surface area (Å²) in [5, 5.41) is 0.770. The Bertz CT molecular complexity index is 333. The molecule has 0 bridgehead atoms. The molecule has 0 aromatic rings. The molecule has 0 amide bonds. The van der Waals surface area contributed by atoms with E-state index in [4.69, 9.17) is 11.6 Å². The van der Waals surface area contributed by atoms with Crippen LogP contribution in [0.25, 0.3) is 0 Å². The minimum atomic E-state index is 0.211. The maximum Gasteiger partial charge on any atom is 0.0363 e. The van der Waals surface area contributed by atoms with Gasteiger partial charge in [-0.1, -0.05) is 30.3 Å². The molecule has 0 spiro atoms. The van der Waals surface area contributed by atoms with E-state index in [9.17, 15) is 0 Å². The molecule has 1 atom stereocenters. The maximum absolute atomic E-state index is 5.96. The van der Waals surface area contributed by atoms with Crippen molar-refractivity contribution in [2.75, 3.05) is 6.54 Å². The summed E-state index contributed by atoms with van der Waals surface area (Å²) in [5.74, 6) is 0. The minimum absolute atomic E-state index is 0.211. The molecule has 1 aliphatic heterocycles. The first-order valence-electron chi connectivity index (χ1n) is 6.31. The topological polar surface area (TPSA) is 3.24 Å². The Morgan fingerprint density at radius 2 is 2.00 bits per heavy atom. The van der Waals surface area contributed by atoms with Gasteiger partial charge in [-0.15, -0.1) is 0 Å². The average Bonchev–Trinajstić information content (AvgIpc) is 2.73. The highest BCUT2D eigenvalue weighted by Gasteiger charge is 2.33. The fourth-order valence-corrected chi connectivity index (χ4v) is 2.41. The van der Waals surface area contributed by atoms with Crippen LogP contribution in [0.15, 0.2) is 35.4 Å². The van der Waals surface area contributed by atoms with Crippen molar-refractivity contribution < 1.29 is 0 Å². The molecule has 2 heteroatoms. The van der Waals surface area contributed by atoms with E-state index in [1.807, 2.05) is 19.1 Å². The van der Waals surface area contributed by atoms with E-state index in [0.717, 1.165) is 10.6 Å². The Labute approximate surface area is 111 Å². The van der Waals surface area contributed by atoms with Crippen molar-refractivity contribution in [1.82, 2.24) is 4.90 Å². The number of halogens is 1. The van der Waals surface area contributed by atoms with Crippen molar-refractivity contribution >= 4 is 11.6 Å². The Kier molecular flexibility index (Phi) is 5.03. The molecule has 0 radical (unpaired) electrons. The van der Waals surface area contributed by atoms with Gasteiger partial charge in [-0.05, 0) is 58.7 Å². The Morgan fingerprint density at radius 3 is 2.53 bits per heavy atom. The van der Waals surface area contributed by atoms with Crippen LogP contribution >= 0.6 is 11.6 Å². The van der Waals surface area contributed by atoms with Crippen LogP contribution in [-0.4, -0.2) is 23.0 Å². The van der Waals surface area contributed by atoms with Crippen LogP contribution in [0.1, 0.15) is 40.5 Å². The molecule has 0 saturated carbocycles. The first kappa shape index (κ1) is 14.5. The van der Waals surface area contributed by atoms with Gasteiger partial charge in [-0.25, -0.2) is 0 Å². The van der Waals surface area contributed by atoms with E-state index in [-0.39, 0.29) is 5.54 Å². The minimum Gasteiger partial charge on any atom is -0.292 e. The molecule has 96 valence electrons. The molecule has 1 fully saturated rings. The Hall–Kier alpha value is -0.530. The number of allylic oxidation sites excluding steroid dienone is 3. The number of nitrogens with zero attached hydrogens (tertiary/aromatic N) is 1. The summed E-state index contributed by atoms with van der Waals surface area (Å²) in [6.45, 7) is 14.1. The zero-order valence-corrected chi connectivity index (χ0v) is 12.2. The lowest BCUT2D eigenvalue weighted by Gasteiger charge is -2.37. The predicted molar refractivity (Wildman–Crippen MR) is 77.4 cm³/mol. The second kappa shape index (κ2) is 5.88. The first-order chi connectivity index (χ1) is 7.86. The first-order valence-corrected chi connectivity index (χ1v) is 6.69. The maximum atomic E-state index is 5.96. The molecule has 1 nitrogen and oxygen atoms in total. The highest BCUT2D eigenvalue weighted by Crippen LogP contribution is 2.30. The monoisotopic (exact) mass is 253 g/mol. The standard InChI is InChI=1S/C15H24ClN/c1-6-13(16)10-9-12(2)14-8-7-11-17(14)15(3,4)5/h6,9-10,14H,2,7-8,11H2,1,3-5H3/b10-9-,13-6+/t14-/m1/s1. The molecule has 1 rings (SSSR count). The van der Waals surface area contributed by atoms with E-state index in [1.54, 1.807) is 0 Å². The zero-order valence-electron chi connectivity index (χ0n) is 11.5. The Morgan fingerprint density at radius 1 is 1.35 bits per heavy atom. The Balaban J connectivity index is 2.72. The average molecular weight is 254 g/mol. The molecular weight excluding hydrogens is 230 g/mol. The summed E-state index contributed by atoms with van der Waals surface area (Å²) >= 11 is 5.96. The molecule has 1 aliphatic rings. The van der Waals surface area contributed by atoms with Crippen molar-refractivity contribution in [3.8, 4) is 0 Å². The van der Waals surface area contributed by atoms with Gasteiger partial charge < -0.3 is 0 Å². The lowest BCUT2D eigenvalue weighted by atomic mass is 10.00. The molecule has 0 aromatic heterocycles. The van der Waals surface area contributed by atoms with Crippen molar-refractivity contribution in [3.63, 3.8) is 0 Å². The van der Waals surface area contributed by atoms with E-state index in [1.165, 1.54) is 19.4 Å². The van der Waals surface area contributed by atoms with Crippen LogP contribution in [0, 0.1) is 0 Å². The van der Waals surface area contributed by atoms with Gasteiger partial charge in [-0.3, -0.25) is 4.90 Å². The molecule has 0 aromatic carbocycles. The van der Waals surface area contributed by atoms with Crippen LogP contribution in [0.4, 0.5) is 0 Å². The lowest BCUT2D eigenvalue weighted by Crippen LogP contribution is -2.44. The number of hydrogen-bond donors (Lipinski definition) is 0. The van der Waals surface area contributed by atoms with Gasteiger partial charge in [0.2, 0.25) is 0 Å². The SMILES string of the molecule is C=C(/C=C\C(Cl)=C/C)[C@H]1CCCN1C(C)(C)C. The van der Waals surface area contributed by atoms with Crippen LogP contribution < -0.4 is 0 Å². The van der Waals surface area contributed by atoms with Crippen molar-refractivity contribution in [2.24, 2.45) is 0 Å². The van der Waals surface area contributed by atoms with Gasteiger partial charge in [0.25, 0.3) is 0 Å². The highest BCUT2D eigenvalue weighted by atomic mass is 35.5. The fraction of sp³-hybridized carbons (Fsp3) is 0.600. The second-order valence-corrected chi connectivity index (χ2v) is 6.04. The third kappa shape index (κ3) is 4.01. The zero-order chi connectivity index (χ0) is 13.1. The summed E-state index contributed by atoms with van der Waals surface area (Å²) in [4.78, 5) is 2.53. The van der Waals surface area contributed by atoms with Gasteiger partial charge in [0.15, 0.2) is 0 Å².